The zero-order chi connectivity index (χ0) is 15.1. The Balaban J connectivity index is 2.02. The van der Waals surface area contributed by atoms with Gasteiger partial charge in [-0.3, -0.25) is 4.98 Å². The SMILES string of the molecule is Cc1ccc(-c2cc3c(ccc4ccccc43)c[nH+]2)c(C)n1. The molecule has 2 aromatic heterocycles. The predicted molar refractivity (Wildman–Crippen MR) is 90.7 cm³/mol. The molecule has 2 nitrogen and oxygen atoms in total. The summed E-state index contributed by atoms with van der Waals surface area (Å²) in [7, 11) is 0. The van der Waals surface area contributed by atoms with Crippen molar-refractivity contribution in [2.75, 3.05) is 0 Å². The van der Waals surface area contributed by atoms with Gasteiger partial charge in [-0.15, -0.1) is 0 Å². The minimum atomic E-state index is 1.05. The van der Waals surface area contributed by atoms with Gasteiger partial charge in [-0.05, 0) is 42.8 Å². The van der Waals surface area contributed by atoms with Gasteiger partial charge in [0.1, 0.15) is 0 Å². The molecule has 0 saturated carbocycles. The Bertz CT molecular complexity index is 1000. The van der Waals surface area contributed by atoms with Crippen LogP contribution in [-0.2, 0) is 0 Å². The fourth-order valence-corrected chi connectivity index (χ4v) is 3.07. The van der Waals surface area contributed by atoms with Gasteiger partial charge in [-0.1, -0.05) is 30.3 Å². The number of benzene rings is 2. The fourth-order valence-electron chi connectivity index (χ4n) is 3.07. The summed E-state index contributed by atoms with van der Waals surface area (Å²) in [6, 6.07) is 19.3. The number of hydrogen-bond donors (Lipinski definition) is 0. The van der Waals surface area contributed by atoms with E-state index >= 15 is 0 Å². The number of nitrogens with zero attached hydrogens (tertiary/aromatic N) is 1. The second-order valence-electron chi connectivity index (χ2n) is 5.72. The lowest BCUT2D eigenvalue weighted by molar-refractivity contribution is -0.362. The van der Waals surface area contributed by atoms with Crippen LogP contribution in [0.2, 0.25) is 0 Å². The molecular formula is C20H17N2+. The highest BCUT2D eigenvalue weighted by Gasteiger charge is 2.12. The van der Waals surface area contributed by atoms with Gasteiger partial charge in [0.2, 0.25) is 5.69 Å². The molecule has 0 spiro atoms. The molecular weight excluding hydrogens is 268 g/mol. The summed E-state index contributed by atoms with van der Waals surface area (Å²) < 4.78 is 0. The van der Waals surface area contributed by atoms with Gasteiger partial charge in [-0.25, -0.2) is 4.98 Å². The summed E-state index contributed by atoms with van der Waals surface area (Å²) in [6.45, 7) is 4.08. The normalized spacial score (nSPS) is 11.2. The van der Waals surface area contributed by atoms with Gasteiger partial charge in [0, 0.05) is 22.5 Å². The predicted octanol–water partition coefficient (Wildman–Crippen LogP) is 4.49. The number of nitrogens with one attached hydrogen (secondary N) is 1. The molecule has 22 heavy (non-hydrogen) atoms. The number of rotatable bonds is 1. The van der Waals surface area contributed by atoms with Crippen LogP contribution in [0.5, 0.6) is 0 Å². The molecule has 2 heteroatoms. The van der Waals surface area contributed by atoms with E-state index in [0.29, 0.717) is 0 Å². The molecule has 4 rings (SSSR count). The monoisotopic (exact) mass is 285 g/mol. The Morgan fingerprint density at radius 3 is 2.50 bits per heavy atom. The molecule has 0 saturated heterocycles. The zero-order valence-electron chi connectivity index (χ0n) is 12.7. The van der Waals surface area contributed by atoms with Crippen molar-refractivity contribution in [3.63, 3.8) is 0 Å². The van der Waals surface area contributed by atoms with Crippen molar-refractivity contribution in [3.8, 4) is 11.3 Å². The molecule has 0 atom stereocenters. The maximum Gasteiger partial charge on any atom is 0.213 e. The summed E-state index contributed by atoms with van der Waals surface area (Å²) in [5.74, 6) is 0. The van der Waals surface area contributed by atoms with Crippen molar-refractivity contribution in [3.05, 3.63) is 72.2 Å². The van der Waals surface area contributed by atoms with Crippen LogP contribution in [0.15, 0.2) is 60.8 Å². The second-order valence-corrected chi connectivity index (χ2v) is 5.72. The third kappa shape index (κ3) is 2.04. The van der Waals surface area contributed by atoms with E-state index in [1.807, 2.05) is 6.92 Å². The minimum Gasteiger partial charge on any atom is -0.258 e. The lowest BCUT2D eigenvalue weighted by Gasteiger charge is -2.05. The van der Waals surface area contributed by atoms with Crippen LogP contribution in [0, 0.1) is 13.8 Å². The first-order valence-corrected chi connectivity index (χ1v) is 7.50. The van der Waals surface area contributed by atoms with Gasteiger partial charge >= 0.3 is 0 Å². The molecule has 4 aromatic rings. The molecule has 0 aliphatic carbocycles. The molecule has 1 N–H and O–H groups in total. The van der Waals surface area contributed by atoms with Crippen LogP contribution in [0.4, 0.5) is 0 Å². The standard InChI is InChI=1S/C20H16N2/c1-13-7-10-17(14(2)22-13)20-11-19-16(12-21-20)9-8-15-5-3-4-6-18(15)19/h3-12H,1-2H3/p+1. The summed E-state index contributed by atoms with van der Waals surface area (Å²) >= 11 is 0. The quantitative estimate of drug-likeness (QED) is 0.473. The fraction of sp³-hybridized carbons (Fsp3) is 0.100. The van der Waals surface area contributed by atoms with Gasteiger partial charge in [0.05, 0.1) is 11.3 Å². The number of pyridine rings is 2. The Morgan fingerprint density at radius 2 is 1.64 bits per heavy atom. The summed E-state index contributed by atoms with van der Waals surface area (Å²) in [5, 5.41) is 5.05. The minimum absolute atomic E-state index is 1.05. The highest BCUT2D eigenvalue weighted by atomic mass is 14.7. The number of aromatic nitrogens is 2. The van der Waals surface area contributed by atoms with E-state index < -0.39 is 0 Å². The van der Waals surface area contributed by atoms with Crippen molar-refractivity contribution in [1.82, 2.24) is 4.98 Å². The van der Waals surface area contributed by atoms with Crippen molar-refractivity contribution >= 4 is 21.5 Å². The maximum absolute atomic E-state index is 4.57. The topological polar surface area (TPSA) is 27.0 Å². The number of aromatic amines is 1. The highest BCUT2D eigenvalue weighted by molar-refractivity contribution is 6.07. The first-order chi connectivity index (χ1) is 10.7. The Morgan fingerprint density at radius 1 is 0.818 bits per heavy atom. The number of hydrogen-bond acceptors (Lipinski definition) is 1. The van der Waals surface area contributed by atoms with E-state index in [-0.39, 0.29) is 0 Å². The summed E-state index contributed by atoms with van der Waals surface area (Å²) in [6.07, 6.45) is 2.08. The Labute approximate surface area is 129 Å². The largest absolute Gasteiger partial charge is 0.258 e. The average molecular weight is 285 g/mol. The molecule has 0 aliphatic heterocycles. The molecule has 0 radical (unpaired) electrons. The zero-order valence-corrected chi connectivity index (χ0v) is 12.7. The maximum atomic E-state index is 4.57. The average Bonchev–Trinajstić information content (AvgIpc) is 2.54. The summed E-state index contributed by atoms with van der Waals surface area (Å²) in [4.78, 5) is 7.99. The van der Waals surface area contributed by atoms with E-state index in [9.17, 15) is 0 Å². The molecule has 0 fully saturated rings. The van der Waals surface area contributed by atoms with Crippen molar-refractivity contribution < 1.29 is 4.98 Å². The van der Waals surface area contributed by atoms with Crippen LogP contribution in [-0.4, -0.2) is 4.98 Å². The van der Waals surface area contributed by atoms with Crippen LogP contribution in [0.3, 0.4) is 0 Å². The van der Waals surface area contributed by atoms with E-state index in [0.717, 1.165) is 22.6 Å². The van der Waals surface area contributed by atoms with Crippen molar-refractivity contribution in [2.45, 2.75) is 13.8 Å². The number of fused-ring (bicyclic) bond motifs is 3. The van der Waals surface area contributed by atoms with Crippen molar-refractivity contribution in [2.24, 2.45) is 0 Å². The van der Waals surface area contributed by atoms with Crippen LogP contribution in [0.25, 0.3) is 32.8 Å². The molecule has 0 amide bonds. The smallest absolute Gasteiger partial charge is 0.213 e. The van der Waals surface area contributed by atoms with Crippen molar-refractivity contribution in [1.29, 1.82) is 0 Å². The molecule has 0 unspecified atom stereocenters. The van der Waals surface area contributed by atoms with Gasteiger partial charge < -0.3 is 0 Å². The third-order valence-electron chi connectivity index (χ3n) is 4.19. The van der Waals surface area contributed by atoms with Gasteiger partial charge in [0.25, 0.3) is 0 Å². The first kappa shape index (κ1) is 13.0. The lowest BCUT2D eigenvalue weighted by Crippen LogP contribution is -2.07. The van der Waals surface area contributed by atoms with Crippen LogP contribution >= 0.6 is 0 Å². The third-order valence-corrected chi connectivity index (χ3v) is 4.19. The molecule has 106 valence electrons. The van der Waals surface area contributed by atoms with E-state index in [1.54, 1.807) is 0 Å². The van der Waals surface area contributed by atoms with Gasteiger partial charge in [0.15, 0.2) is 6.20 Å². The number of aryl methyl sites for hydroxylation is 2. The Kier molecular flexibility index (Phi) is 2.90. The molecule has 2 heterocycles. The number of H-pyrrole nitrogens is 1. The lowest BCUT2D eigenvalue weighted by atomic mass is 10.0. The van der Waals surface area contributed by atoms with Crippen LogP contribution < -0.4 is 4.98 Å². The Hall–Kier alpha value is -2.74. The second kappa shape index (κ2) is 4.92. The first-order valence-electron chi connectivity index (χ1n) is 7.50. The van der Waals surface area contributed by atoms with Crippen LogP contribution in [0.1, 0.15) is 11.4 Å². The molecule has 0 bridgehead atoms. The highest BCUT2D eigenvalue weighted by Crippen LogP contribution is 2.27. The summed E-state index contributed by atoms with van der Waals surface area (Å²) in [5.41, 5.74) is 4.36. The van der Waals surface area contributed by atoms with E-state index in [4.69, 9.17) is 0 Å². The van der Waals surface area contributed by atoms with E-state index in [2.05, 4.69) is 77.7 Å². The van der Waals surface area contributed by atoms with Gasteiger partial charge in [-0.2, -0.15) is 0 Å². The molecule has 0 aliphatic rings. The molecule has 2 aromatic carbocycles. The van der Waals surface area contributed by atoms with E-state index in [1.165, 1.54) is 21.5 Å².